The van der Waals surface area contributed by atoms with Crippen molar-refractivity contribution in [3.63, 3.8) is 0 Å². The maximum absolute atomic E-state index is 11.2. The first-order valence-electron chi connectivity index (χ1n) is 15.4. The molecule has 2 aromatic carbocycles. The molecule has 6 rings (SSSR count). The lowest BCUT2D eigenvalue weighted by Crippen LogP contribution is -2.17. The summed E-state index contributed by atoms with van der Waals surface area (Å²) in [4.78, 5) is 40.1. The molecule has 2 saturated carbocycles. The number of primary amides is 2. The van der Waals surface area contributed by atoms with Gasteiger partial charge in [0, 0.05) is 35.0 Å². The van der Waals surface area contributed by atoms with Crippen LogP contribution in [0.4, 0.5) is 11.6 Å². The molecule has 2 amide bonds. The topological polar surface area (TPSA) is 162 Å². The number of aryl methyl sites for hydroxylation is 2. The number of rotatable bonds is 8. The highest BCUT2D eigenvalue weighted by Gasteiger charge is 2.21. The zero-order chi connectivity index (χ0) is 31.9. The number of halogens is 1. The summed E-state index contributed by atoms with van der Waals surface area (Å²) in [6.45, 7) is 3.71. The highest BCUT2D eigenvalue weighted by Crippen LogP contribution is 2.35. The average Bonchev–Trinajstić information content (AvgIpc) is 3.72. The number of hydrogen-bond acceptors (Lipinski definition) is 8. The molecule has 10 nitrogen and oxygen atoms in total. The van der Waals surface area contributed by atoms with Crippen LogP contribution in [0.2, 0.25) is 5.15 Å². The fourth-order valence-corrected chi connectivity index (χ4v) is 6.15. The second kappa shape index (κ2) is 14.5. The molecular weight excluding hydrogens is 588 g/mol. The summed E-state index contributed by atoms with van der Waals surface area (Å²) in [5.74, 6) is 2.13. The fraction of sp³-hybridized carbons (Fsp3) is 0.353. The largest absolute Gasteiger partial charge is 0.367 e. The molecule has 6 N–H and O–H groups in total. The first-order chi connectivity index (χ1) is 21.7. The van der Waals surface area contributed by atoms with Crippen LogP contribution in [0.15, 0.2) is 54.7 Å². The Bertz CT molecular complexity index is 1650. The van der Waals surface area contributed by atoms with Gasteiger partial charge in [-0.2, -0.15) is 0 Å². The molecule has 2 aromatic heterocycles. The predicted molar refractivity (Wildman–Crippen MR) is 178 cm³/mol. The Balaban J connectivity index is 0.000000178. The standard InChI is InChI=1S/C17H19ClN4O.C17H20N4O/c1-10-20-15(18)14(11-6-8-12(9-7-11)16(19)23)17(21-10)22-13-4-2-3-5-13;1-11-19-10-15(12-6-8-13(9-7-12)16(18)22)17(20-11)21-14-4-2-3-5-14/h6-9,13H,2-5H2,1H3,(H2,19,23)(H,20,21,22);6-10,14H,2-5H2,1H3,(H2,18,22)(H,19,20,21). The van der Waals surface area contributed by atoms with E-state index in [0.717, 1.165) is 52.6 Å². The van der Waals surface area contributed by atoms with Gasteiger partial charge in [-0.25, -0.2) is 19.9 Å². The van der Waals surface area contributed by atoms with Crippen molar-refractivity contribution < 1.29 is 9.59 Å². The van der Waals surface area contributed by atoms with Crippen molar-refractivity contribution in [2.45, 2.75) is 77.3 Å². The second-order valence-electron chi connectivity index (χ2n) is 11.6. The Kier molecular flexibility index (Phi) is 10.2. The SMILES string of the molecule is Cc1nc(Cl)c(-c2ccc(C(N)=O)cc2)c(NC2CCCC2)n1.Cc1ncc(-c2ccc(C(N)=O)cc2)c(NC2CCCC2)n1. The number of aromatic nitrogens is 4. The summed E-state index contributed by atoms with van der Waals surface area (Å²) in [5.41, 5.74) is 15.1. The van der Waals surface area contributed by atoms with E-state index in [4.69, 9.17) is 23.1 Å². The molecule has 0 aliphatic heterocycles. The smallest absolute Gasteiger partial charge is 0.248 e. The van der Waals surface area contributed by atoms with Crippen molar-refractivity contribution in [2.75, 3.05) is 10.6 Å². The van der Waals surface area contributed by atoms with E-state index in [0.29, 0.717) is 34.2 Å². The first kappa shape index (κ1) is 31.8. The van der Waals surface area contributed by atoms with Crippen LogP contribution in [0.3, 0.4) is 0 Å². The lowest BCUT2D eigenvalue weighted by Gasteiger charge is -2.17. The third kappa shape index (κ3) is 8.13. The number of anilines is 2. The monoisotopic (exact) mass is 626 g/mol. The minimum Gasteiger partial charge on any atom is -0.367 e. The number of nitrogens with two attached hydrogens (primary N) is 2. The molecule has 0 spiro atoms. The molecule has 11 heteroatoms. The second-order valence-corrected chi connectivity index (χ2v) is 12.0. The third-order valence-corrected chi connectivity index (χ3v) is 8.49. The normalized spacial score (nSPS) is 14.9. The van der Waals surface area contributed by atoms with Gasteiger partial charge >= 0.3 is 0 Å². The summed E-state index contributed by atoms with van der Waals surface area (Å²) >= 11 is 6.37. The molecule has 0 radical (unpaired) electrons. The Morgan fingerprint density at radius 3 is 1.67 bits per heavy atom. The summed E-state index contributed by atoms with van der Waals surface area (Å²) in [6, 6.07) is 15.2. The lowest BCUT2D eigenvalue weighted by molar-refractivity contribution is 0.0992. The molecule has 0 bridgehead atoms. The molecule has 2 heterocycles. The van der Waals surface area contributed by atoms with Gasteiger partial charge in [0.05, 0.1) is 5.56 Å². The molecule has 2 aliphatic rings. The van der Waals surface area contributed by atoms with Gasteiger partial charge in [-0.1, -0.05) is 61.5 Å². The van der Waals surface area contributed by atoms with Crippen molar-refractivity contribution >= 4 is 35.1 Å². The van der Waals surface area contributed by atoms with Gasteiger partial charge in [-0.3, -0.25) is 9.59 Å². The maximum Gasteiger partial charge on any atom is 0.248 e. The summed E-state index contributed by atoms with van der Waals surface area (Å²) in [5, 5.41) is 7.45. The zero-order valence-electron chi connectivity index (χ0n) is 25.6. The number of nitrogens with zero attached hydrogens (tertiary/aromatic N) is 4. The van der Waals surface area contributed by atoms with Gasteiger partial charge in [0.25, 0.3) is 0 Å². The van der Waals surface area contributed by atoms with Gasteiger partial charge < -0.3 is 22.1 Å². The molecule has 2 aliphatic carbocycles. The number of benzene rings is 2. The van der Waals surface area contributed by atoms with Crippen molar-refractivity contribution in [2.24, 2.45) is 11.5 Å². The van der Waals surface area contributed by atoms with Crippen LogP contribution < -0.4 is 22.1 Å². The van der Waals surface area contributed by atoms with Crippen LogP contribution in [-0.4, -0.2) is 43.8 Å². The summed E-state index contributed by atoms with van der Waals surface area (Å²) in [7, 11) is 0. The Morgan fingerprint density at radius 2 is 1.16 bits per heavy atom. The maximum atomic E-state index is 11.2. The summed E-state index contributed by atoms with van der Waals surface area (Å²) < 4.78 is 0. The van der Waals surface area contributed by atoms with E-state index in [2.05, 4.69) is 30.6 Å². The molecule has 0 unspecified atom stereocenters. The number of amides is 2. The van der Waals surface area contributed by atoms with E-state index in [1.54, 1.807) is 24.3 Å². The van der Waals surface area contributed by atoms with Crippen LogP contribution in [0.5, 0.6) is 0 Å². The Hall–Kier alpha value is -4.57. The number of carbonyl (C=O) groups is 2. The summed E-state index contributed by atoms with van der Waals surface area (Å²) in [6.07, 6.45) is 11.5. The lowest BCUT2D eigenvalue weighted by atomic mass is 10.0. The number of hydrogen-bond donors (Lipinski definition) is 4. The van der Waals surface area contributed by atoms with Crippen LogP contribution in [0.1, 0.15) is 83.7 Å². The van der Waals surface area contributed by atoms with Crippen molar-refractivity contribution in [1.82, 2.24) is 19.9 Å². The van der Waals surface area contributed by atoms with E-state index in [1.165, 1.54) is 38.5 Å². The molecular formula is C34H39ClN8O2. The van der Waals surface area contributed by atoms with E-state index >= 15 is 0 Å². The minimum absolute atomic E-state index is 0.407. The molecule has 234 valence electrons. The van der Waals surface area contributed by atoms with Crippen LogP contribution in [0, 0.1) is 13.8 Å². The number of carbonyl (C=O) groups excluding carboxylic acids is 2. The minimum atomic E-state index is -0.452. The van der Waals surface area contributed by atoms with Gasteiger partial charge in [-0.05, 0) is 74.9 Å². The van der Waals surface area contributed by atoms with Crippen molar-refractivity contribution in [3.05, 3.63) is 82.7 Å². The first-order valence-corrected chi connectivity index (χ1v) is 15.8. The zero-order valence-corrected chi connectivity index (χ0v) is 26.4. The van der Waals surface area contributed by atoms with Gasteiger partial charge in [0.15, 0.2) is 0 Å². The van der Waals surface area contributed by atoms with Gasteiger partial charge in [-0.15, -0.1) is 0 Å². The predicted octanol–water partition coefficient (Wildman–Crippen LogP) is 6.46. The van der Waals surface area contributed by atoms with Crippen molar-refractivity contribution in [3.8, 4) is 22.3 Å². The quantitative estimate of drug-likeness (QED) is 0.162. The van der Waals surface area contributed by atoms with Gasteiger partial charge in [0.2, 0.25) is 11.8 Å². The molecule has 45 heavy (non-hydrogen) atoms. The molecule has 0 atom stereocenters. The van der Waals surface area contributed by atoms with E-state index in [9.17, 15) is 9.59 Å². The van der Waals surface area contributed by atoms with Crippen LogP contribution in [-0.2, 0) is 0 Å². The van der Waals surface area contributed by atoms with Gasteiger partial charge in [0.1, 0.15) is 28.4 Å². The highest BCUT2D eigenvalue weighted by molar-refractivity contribution is 6.32. The Morgan fingerprint density at radius 1 is 0.689 bits per heavy atom. The van der Waals surface area contributed by atoms with E-state index in [-0.39, 0.29) is 0 Å². The van der Waals surface area contributed by atoms with Crippen LogP contribution >= 0.6 is 11.6 Å². The van der Waals surface area contributed by atoms with Crippen molar-refractivity contribution in [1.29, 1.82) is 0 Å². The fourth-order valence-electron chi connectivity index (χ4n) is 5.83. The van der Waals surface area contributed by atoms with Crippen LogP contribution in [0.25, 0.3) is 22.3 Å². The molecule has 4 aromatic rings. The molecule has 0 saturated heterocycles. The Labute approximate surface area is 268 Å². The van der Waals surface area contributed by atoms with E-state index < -0.39 is 11.8 Å². The third-order valence-electron chi connectivity index (χ3n) is 8.22. The van der Waals surface area contributed by atoms with E-state index in [1.807, 2.05) is 44.3 Å². The number of nitrogens with one attached hydrogen (secondary N) is 2. The highest BCUT2D eigenvalue weighted by atomic mass is 35.5. The molecule has 2 fully saturated rings. The average molecular weight is 627 g/mol.